The zero-order valence-corrected chi connectivity index (χ0v) is 12.9. The standard InChI is InChI=1S/C16H19ClN2S/c17-14-8-16(20-11-14)15(9-18)19-7-6-13(10-19)12-4-2-1-3-5-12/h1-5,8,11,13,15H,6-7,9-10,18H2. The molecule has 3 rings (SSSR count). The number of hydrogen-bond acceptors (Lipinski definition) is 3. The van der Waals surface area contributed by atoms with Gasteiger partial charge in [-0.2, -0.15) is 0 Å². The summed E-state index contributed by atoms with van der Waals surface area (Å²) in [5.74, 6) is 0.626. The van der Waals surface area contributed by atoms with Crippen LogP contribution in [0.5, 0.6) is 0 Å². The maximum atomic E-state index is 6.04. The van der Waals surface area contributed by atoms with Gasteiger partial charge in [0.2, 0.25) is 0 Å². The highest BCUT2D eigenvalue weighted by Gasteiger charge is 2.29. The first-order valence-electron chi connectivity index (χ1n) is 7.01. The van der Waals surface area contributed by atoms with Gasteiger partial charge in [-0.05, 0) is 30.5 Å². The van der Waals surface area contributed by atoms with Crippen molar-refractivity contribution >= 4 is 22.9 Å². The van der Waals surface area contributed by atoms with Crippen LogP contribution in [0.25, 0.3) is 0 Å². The number of hydrogen-bond donors (Lipinski definition) is 1. The number of benzene rings is 1. The summed E-state index contributed by atoms with van der Waals surface area (Å²) in [6.45, 7) is 2.84. The molecule has 4 heteroatoms. The van der Waals surface area contributed by atoms with E-state index in [9.17, 15) is 0 Å². The first kappa shape index (κ1) is 14.1. The molecule has 2 atom stereocenters. The van der Waals surface area contributed by atoms with Crippen LogP contribution in [-0.4, -0.2) is 24.5 Å². The molecular weight excluding hydrogens is 288 g/mol. The van der Waals surface area contributed by atoms with Gasteiger partial charge in [-0.25, -0.2) is 0 Å². The third-order valence-electron chi connectivity index (χ3n) is 4.07. The molecule has 1 aromatic carbocycles. The van der Waals surface area contributed by atoms with Crippen LogP contribution < -0.4 is 5.73 Å². The van der Waals surface area contributed by atoms with Gasteiger partial charge in [-0.1, -0.05) is 41.9 Å². The number of rotatable bonds is 4. The third kappa shape index (κ3) is 2.91. The molecule has 1 aliphatic heterocycles. The third-order valence-corrected chi connectivity index (χ3v) is 5.45. The van der Waals surface area contributed by atoms with E-state index >= 15 is 0 Å². The quantitative estimate of drug-likeness (QED) is 0.928. The van der Waals surface area contributed by atoms with E-state index in [1.54, 1.807) is 11.3 Å². The van der Waals surface area contributed by atoms with Gasteiger partial charge in [-0.3, -0.25) is 4.90 Å². The maximum absolute atomic E-state index is 6.04. The molecule has 2 nitrogen and oxygen atoms in total. The number of thiophene rings is 1. The van der Waals surface area contributed by atoms with Gasteiger partial charge in [0.25, 0.3) is 0 Å². The Morgan fingerprint density at radius 1 is 1.35 bits per heavy atom. The minimum Gasteiger partial charge on any atom is -0.329 e. The number of halogens is 1. The van der Waals surface area contributed by atoms with Gasteiger partial charge in [-0.15, -0.1) is 11.3 Å². The molecule has 0 bridgehead atoms. The number of nitrogens with zero attached hydrogens (tertiary/aromatic N) is 1. The lowest BCUT2D eigenvalue weighted by Gasteiger charge is -2.25. The Kier molecular flexibility index (Phi) is 4.41. The first-order valence-corrected chi connectivity index (χ1v) is 8.26. The van der Waals surface area contributed by atoms with Gasteiger partial charge in [0, 0.05) is 23.3 Å². The van der Waals surface area contributed by atoms with Crippen molar-refractivity contribution in [2.45, 2.75) is 18.4 Å². The Labute approximate surface area is 129 Å². The van der Waals surface area contributed by atoms with Crippen molar-refractivity contribution in [1.82, 2.24) is 4.90 Å². The van der Waals surface area contributed by atoms with E-state index in [4.69, 9.17) is 17.3 Å². The van der Waals surface area contributed by atoms with Gasteiger partial charge < -0.3 is 5.73 Å². The summed E-state index contributed by atoms with van der Waals surface area (Å²) in [6.07, 6.45) is 1.21. The van der Waals surface area contributed by atoms with Crippen molar-refractivity contribution in [3.8, 4) is 0 Å². The summed E-state index contributed by atoms with van der Waals surface area (Å²) >= 11 is 7.76. The average Bonchev–Trinajstić information content (AvgIpc) is 3.11. The van der Waals surface area contributed by atoms with E-state index in [2.05, 4.69) is 41.3 Å². The van der Waals surface area contributed by atoms with Crippen molar-refractivity contribution in [2.75, 3.05) is 19.6 Å². The normalized spacial score (nSPS) is 21.2. The summed E-state index contributed by atoms with van der Waals surface area (Å²) in [6, 6.07) is 13.1. The molecule has 2 unspecified atom stereocenters. The zero-order chi connectivity index (χ0) is 13.9. The highest BCUT2D eigenvalue weighted by molar-refractivity contribution is 7.10. The van der Waals surface area contributed by atoms with E-state index in [1.807, 2.05) is 5.38 Å². The second-order valence-electron chi connectivity index (χ2n) is 5.31. The Morgan fingerprint density at radius 2 is 2.15 bits per heavy atom. The Bertz CT molecular complexity index is 555. The lowest BCUT2D eigenvalue weighted by Crippen LogP contribution is -2.31. The number of likely N-dealkylation sites (tertiary alicyclic amines) is 1. The molecule has 2 heterocycles. The molecule has 1 saturated heterocycles. The Balaban J connectivity index is 1.72. The molecule has 1 aromatic heterocycles. The molecule has 0 spiro atoms. The van der Waals surface area contributed by atoms with Crippen molar-refractivity contribution < 1.29 is 0 Å². The maximum Gasteiger partial charge on any atom is 0.0565 e. The van der Waals surface area contributed by atoms with Crippen LogP contribution in [0.15, 0.2) is 41.8 Å². The molecule has 0 radical (unpaired) electrons. The Hall–Kier alpha value is -0.870. The van der Waals surface area contributed by atoms with Crippen LogP contribution in [0, 0.1) is 0 Å². The van der Waals surface area contributed by atoms with Crippen LogP contribution in [0.4, 0.5) is 0 Å². The smallest absolute Gasteiger partial charge is 0.0565 e. The van der Waals surface area contributed by atoms with Gasteiger partial charge in [0.05, 0.1) is 11.1 Å². The van der Waals surface area contributed by atoms with E-state index in [0.29, 0.717) is 18.5 Å². The molecule has 0 aliphatic carbocycles. The SMILES string of the molecule is NCC(c1cc(Cl)cs1)N1CCC(c2ccccc2)C1. The number of nitrogens with two attached hydrogens (primary N) is 1. The molecule has 20 heavy (non-hydrogen) atoms. The van der Waals surface area contributed by atoms with Crippen LogP contribution in [0.1, 0.15) is 28.8 Å². The van der Waals surface area contributed by atoms with Crippen molar-refractivity contribution in [2.24, 2.45) is 5.73 Å². The minimum atomic E-state index is 0.307. The van der Waals surface area contributed by atoms with Crippen LogP contribution >= 0.6 is 22.9 Å². The lowest BCUT2D eigenvalue weighted by atomic mass is 9.99. The summed E-state index contributed by atoms with van der Waals surface area (Å²) in [4.78, 5) is 3.78. The molecular formula is C16H19ClN2S. The highest BCUT2D eigenvalue weighted by atomic mass is 35.5. The average molecular weight is 307 g/mol. The van der Waals surface area contributed by atoms with Gasteiger partial charge in [0.15, 0.2) is 0 Å². The fraction of sp³-hybridized carbons (Fsp3) is 0.375. The summed E-state index contributed by atoms with van der Waals surface area (Å²) in [5.41, 5.74) is 7.44. The fourth-order valence-electron chi connectivity index (χ4n) is 3.02. The highest BCUT2D eigenvalue weighted by Crippen LogP contribution is 2.35. The van der Waals surface area contributed by atoms with Gasteiger partial charge >= 0.3 is 0 Å². The van der Waals surface area contributed by atoms with Crippen LogP contribution in [-0.2, 0) is 0 Å². The minimum absolute atomic E-state index is 0.307. The predicted octanol–water partition coefficient (Wildman–Crippen LogP) is 3.89. The summed E-state index contributed by atoms with van der Waals surface area (Å²) in [5, 5.41) is 2.81. The predicted molar refractivity (Wildman–Crippen MR) is 86.5 cm³/mol. The molecule has 0 amide bonds. The zero-order valence-electron chi connectivity index (χ0n) is 11.3. The fourth-order valence-corrected chi connectivity index (χ4v) is 4.25. The van der Waals surface area contributed by atoms with Crippen LogP contribution in [0.2, 0.25) is 5.02 Å². The molecule has 1 fully saturated rings. The second kappa shape index (κ2) is 6.27. The first-order chi connectivity index (χ1) is 9.78. The van der Waals surface area contributed by atoms with E-state index in [-0.39, 0.29) is 0 Å². The topological polar surface area (TPSA) is 29.3 Å². The monoisotopic (exact) mass is 306 g/mol. The van der Waals surface area contributed by atoms with Crippen LogP contribution in [0.3, 0.4) is 0 Å². The molecule has 2 N–H and O–H groups in total. The van der Waals surface area contributed by atoms with E-state index < -0.39 is 0 Å². The second-order valence-corrected chi connectivity index (χ2v) is 6.69. The van der Waals surface area contributed by atoms with E-state index in [0.717, 1.165) is 18.1 Å². The molecule has 0 saturated carbocycles. The van der Waals surface area contributed by atoms with Gasteiger partial charge in [0.1, 0.15) is 0 Å². The molecule has 1 aliphatic rings. The van der Waals surface area contributed by atoms with Crippen molar-refractivity contribution in [3.05, 3.63) is 57.2 Å². The Morgan fingerprint density at radius 3 is 2.80 bits per heavy atom. The van der Waals surface area contributed by atoms with E-state index in [1.165, 1.54) is 16.9 Å². The lowest BCUT2D eigenvalue weighted by molar-refractivity contribution is 0.251. The summed E-state index contributed by atoms with van der Waals surface area (Å²) < 4.78 is 0. The van der Waals surface area contributed by atoms with Crippen molar-refractivity contribution in [1.29, 1.82) is 0 Å². The largest absolute Gasteiger partial charge is 0.329 e. The molecule has 2 aromatic rings. The summed E-state index contributed by atoms with van der Waals surface area (Å²) in [7, 11) is 0. The molecule has 106 valence electrons. The van der Waals surface area contributed by atoms with Crippen molar-refractivity contribution in [3.63, 3.8) is 0 Å².